The summed E-state index contributed by atoms with van der Waals surface area (Å²) in [6, 6.07) is 15.0. The Bertz CT molecular complexity index is 944. The standard InChI is InChI=1S/C16H12N6OS/c23-16(11-5-7-12(8-6-11)22-10-18-20-21-22)17-9-15-19-13-3-1-2-4-14(13)24-15/h1-8,10H,9H2,(H,17,23). The molecular weight excluding hydrogens is 324 g/mol. The summed E-state index contributed by atoms with van der Waals surface area (Å²) in [5.41, 5.74) is 2.33. The Morgan fingerprint density at radius 3 is 2.71 bits per heavy atom. The van der Waals surface area contributed by atoms with E-state index in [0.717, 1.165) is 20.9 Å². The molecule has 118 valence electrons. The molecule has 0 bridgehead atoms. The van der Waals surface area contributed by atoms with Crippen molar-refractivity contribution in [2.45, 2.75) is 6.54 Å². The zero-order chi connectivity index (χ0) is 16.4. The van der Waals surface area contributed by atoms with Crippen LogP contribution in [0.15, 0.2) is 54.9 Å². The number of para-hydroxylation sites is 1. The average Bonchev–Trinajstić information content (AvgIpc) is 3.29. The molecule has 8 heteroatoms. The quantitative estimate of drug-likeness (QED) is 0.617. The average molecular weight is 336 g/mol. The van der Waals surface area contributed by atoms with E-state index in [1.165, 1.54) is 11.0 Å². The number of aromatic nitrogens is 5. The summed E-state index contributed by atoms with van der Waals surface area (Å²) in [6.45, 7) is 0.410. The van der Waals surface area contributed by atoms with Gasteiger partial charge in [0.05, 0.1) is 22.4 Å². The molecule has 0 saturated heterocycles. The van der Waals surface area contributed by atoms with Crippen molar-refractivity contribution in [1.82, 2.24) is 30.5 Å². The van der Waals surface area contributed by atoms with Crippen molar-refractivity contribution >= 4 is 27.5 Å². The lowest BCUT2D eigenvalue weighted by molar-refractivity contribution is 0.0951. The van der Waals surface area contributed by atoms with Crippen molar-refractivity contribution in [3.05, 3.63) is 65.4 Å². The molecule has 2 heterocycles. The molecule has 1 amide bonds. The second-order valence-corrected chi connectivity index (χ2v) is 6.17. The Balaban J connectivity index is 1.44. The number of rotatable bonds is 4. The largest absolute Gasteiger partial charge is 0.346 e. The Morgan fingerprint density at radius 1 is 1.12 bits per heavy atom. The van der Waals surface area contributed by atoms with E-state index in [9.17, 15) is 4.79 Å². The maximum absolute atomic E-state index is 12.2. The summed E-state index contributed by atoms with van der Waals surface area (Å²) < 4.78 is 2.65. The SMILES string of the molecule is O=C(NCc1nc2ccccc2s1)c1ccc(-n2cnnn2)cc1. The molecule has 24 heavy (non-hydrogen) atoms. The summed E-state index contributed by atoms with van der Waals surface area (Å²) in [6.07, 6.45) is 1.50. The van der Waals surface area contributed by atoms with Crippen LogP contribution in [0.5, 0.6) is 0 Å². The number of benzene rings is 2. The monoisotopic (exact) mass is 336 g/mol. The minimum atomic E-state index is -0.141. The third-order valence-electron chi connectivity index (χ3n) is 3.48. The van der Waals surface area contributed by atoms with Gasteiger partial charge in [-0.25, -0.2) is 9.67 Å². The zero-order valence-corrected chi connectivity index (χ0v) is 13.3. The van der Waals surface area contributed by atoms with Crippen LogP contribution in [0.2, 0.25) is 0 Å². The van der Waals surface area contributed by atoms with E-state index in [1.807, 2.05) is 24.3 Å². The fourth-order valence-electron chi connectivity index (χ4n) is 2.30. The van der Waals surface area contributed by atoms with E-state index < -0.39 is 0 Å². The maximum Gasteiger partial charge on any atom is 0.251 e. The van der Waals surface area contributed by atoms with Crippen LogP contribution in [0, 0.1) is 0 Å². The first kappa shape index (κ1) is 14.5. The molecule has 7 nitrogen and oxygen atoms in total. The summed E-state index contributed by atoms with van der Waals surface area (Å²) in [5.74, 6) is -0.141. The van der Waals surface area contributed by atoms with Crippen LogP contribution in [0.4, 0.5) is 0 Å². The van der Waals surface area contributed by atoms with Gasteiger partial charge in [0.25, 0.3) is 5.91 Å². The van der Waals surface area contributed by atoms with E-state index in [4.69, 9.17) is 0 Å². The molecule has 2 aromatic carbocycles. The Kier molecular flexibility index (Phi) is 3.72. The Labute approximate surface area is 141 Å². The van der Waals surface area contributed by atoms with E-state index in [-0.39, 0.29) is 5.91 Å². The molecule has 0 saturated carbocycles. The van der Waals surface area contributed by atoms with Crippen molar-refractivity contribution in [2.24, 2.45) is 0 Å². The van der Waals surface area contributed by atoms with Crippen molar-refractivity contribution in [1.29, 1.82) is 0 Å². The van der Waals surface area contributed by atoms with Gasteiger partial charge in [-0.3, -0.25) is 4.79 Å². The summed E-state index contributed by atoms with van der Waals surface area (Å²) in [5, 5.41) is 14.8. The highest BCUT2D eigenvalue weighted by atomic mass is 32.1. The number of nitrogens with one attached hydrogen (secondary N) is 1. The number of tetrazole rings is 1. The smallest absolute Gasteiger partial charge is 0.251 e. The predicted octanol–water partition coefficient (Wildman–Crippen LogP) is 2.20. The van der Waals surface area contributed by atoms with E-state index in [0.29, 0.717) is 12.1 Å². The number of amides is 1. The lowest BCUT2D eigenvalue weighted by Crippen LogP contribution is -2.22. The van der Waals surface area contributed by atoms with Crippen molar-refractivity contribution in [2.75, 3.05) is 0 Å². The molecule has 4 aromatic rings. The maximum atomic E-state index is 12.2. The second-order valence-electron chi connectivity index (χ2n) is 5.06. The highest BCUT2D eigenvalue weighted by Gasteiger charge is 2.08. The molecule has 0 unspecified atom stereocenters. The number of hydrogen-bond donors (Lipinski definition) is 1. The van der Waals surface area contributed by atoms with Crippen LogP contribution in [-0.2, 0) is 6.54 Å². The molecule has 0 spiro atoms. The molecule has 1 N–H and O–H groups in total. The number of nitrogens with zero attached hydrogens (tertiary/aromatic N) is 5. The summed E-state index contributed by atoms with van der Waals surface area (Å²) >= 11 is 1.58. The van der Waals surface area contributed by atoms with Crippen LogP contribution in [0.25, 0.3) is 15.9 Å². The van der Waals surface area contributed by atoms with Crippen molar-refractivity contribution in [3.63, 3.8) is 0 Å². The molecule has 0 atom stereocenters. The fraction of sp³-hybridized carbons (Fsp3) is 0.0625. The summed E-state index contributed by atoms with van der Waals surface area (Å²) in [7, 11) is 0. The first-order chi connectivity index (χ1) is 11.8. The highest BCUT2D eigenvalue weighted by molar-refractivity contribution is 7.18. The highest BCUT2D eigenvalue weighted by Crippen LogP contribution is 2.21. The Hall–Kier alpha value is -3.13. The predicted molar refractivity (Wildman–Crippen MR) is 89.9 cm³/mol. The second kappa shape index (κ2) is 6.17. The van der Waals surface area contributed by atoms with Crippen molar-refractivity contribution in [3.8, 4) is 5.69 Å². The topological polar surface area (TPSA) is 85.6 Å². The molecule has 0 aliphatic carbocycles. The van der Waals surface area contributed by atoms with Crippen LogP contribution in [0.3, 0.4) is 0 Å². The third-order valence-corrected chi connectivity index (χ3v) is 4.52. The van der Waals surface area contributed by atoms with Gasteiger partial charge in [0.1, 0.15) is 11.3 Å². The van der Waals surface area contributed by atoms with E-state index in [1.54, 1.807) is 35.6 Å². The Morgan fingerprint density at radius 2 is 1.96 bits per heavy atom. The van der Waals surface area contributed by atoms with Gasteiger partial charge in [-0.1, -0.05) is 12.1 Å². The molecule has 0 radical (unpaired) electrons. The summed E-state index contributed by atoms with van der Waals surface area (Å²) in [4.78, 5) is 16.8. The minimum absolute atomic E-state index is 0.141. The van der Waals surface area contributed by atoms with Crippen LogP contribution in [0.1, 0.15) is 15.4 Å². The van der Waals surface area contributed by atoms with Gasteiger partial charge in [-0.15, -0.1) is 16.4 Å². The minimum Gasteiger partial charge on any atom is -0.346 e. The molecule has 0 aliphatic rings. The zero-order valence-electron chi connectivity index (χ0n) is 12.5. The van der Waals surface area contributed by atoms with E-state index >= 15 is 0 Å². The van der Waals surface area contributed by atoms with E-state index in [2.05, 4.69) is 25.8 Å². The van der Waals surface area contributed by atoms with Gasteiger partial charge >= 0.3 is 0 Å². The molecule has 0 aliphatic heterocycles. The number of fused-ring (bicyclic) bond motifs is 1. The van der Waals surface area contributed by atoms with Crippen LogP contribution < -0.4 is 5.32 Å². The molecule has 4 rings (SSSR count). The number of carbonyl (C=O) groups is 1. The van der Waals surface area contributed by atoms with Gasteiger partial charge in [0, 0.05) is 5.56 Å². The van der Waals surface area contributed by atoms with Gasteiger partial charge in [-0.2, -0.15) is 0 Å². The number of carbonyl (C=O) groups excluding carboxylic acids is 1. The number of thiazole rings is 1. The fourth-order valence-corrected chi connectivity index (χ4v) is 3.21. The first-order valence-corrected chi connectivity index (χ1v) is 8.07. The van der Waals surface area contributed by atoms with Crippen molar-refractivity contribution < 1.29 is 4.79 Å². The normalized spacial score (nSPS) is 10.8. The molecular formula is C16H12N6OS. The first-order valence-electron chi connectivity index (χ1n) is 7.26. The lowest BCUT2D eigenvalue weighted by Gasteiger charge is -2.04. The van der Waals surface area contributed by atoms with Gasteiger partial charge in [0.15, 0.2) is 0 Å². The number of hydrogen-bond acceptors (Lipinski definition) is 6. The third kappa shape index (κ3) is 2.86. The van der Waals surface area contributed by atoms with Crippen LogP contribution >= 0.6 is 11.3 Å². The van der Waals surface area contributed by atoms with Gasteiger partial charge in [0.2, 0.25) is 0 Å². The molecule has 0 fully saturated rings. The van der Waals surface area contributed by atoms with Gasteiger partial charge in [-0.05, 0) is 46.8 Å². The van der Waals surface area contributed by atoms with Crippen LogP contribution in [-0.4, -0.2) is 31.1 Å². The lowest BCUT2D eigenvalue weighted by atomic mass is 10.2. The van der Waals surface area contributed by atoms with Gasteiger partial charge < -0.3 is 5.32 Å². The molecule has 2 aromatic heterocycles.